The molecule has 0 aliphatic rings. The Morgan fingerprint density at radius 3 is 2.76 bits per heavy atom. The Labute approximate surface area is 143 Å². The molecule has 4 nitrogen and oxygen atoms in total. The Morgan fingerprint density at radius 1 is 1.29 bits per heavy atom. The number of nitrogens with one attached hydrogen (secondary N) is 3. The number of aliphatic imine (C=N–C) groups is 1. The molecule has 0 saturated carbocycles. The van der Waals surface area contributed by atoms with E-state index in [4.69, 9.17) is 0 Å². The zero-order valence-electron chi connectivity index (χ0n) is 12.9. The predicted molar refractivity (Wildman–Crippen MR) is 102 cm³/mol. The minimum atomic E-state index is 0. The molecule has 1 aromatic heterocycles. The fraction of sp³-hybridized carbons (Fsp3) is 0.438. The molecular weight excluding hydrogens is 375 g/mol. The van der Waals surface area contributed by atoms with Crippen molar-refractivity contribution in [3.8, 4) is 0 Å². The Hall–Kier alpha value is -1.24. The van der Waals surface area contributed by atoms with E-state index >= 15 is 0 Å². The molecular formula is C16H25IN4. The number of aromatic amines is 1. The summed E-state index contributed by atoms with van der Waals surface area (Å²) in [6, 6.07) is 8.78. The highest BCUT2D eigenvalue weighted by Crippen LogP contribution is 2.17. The average Bonchev–Trinajstić information content (AvgIpc) is 2.82. The van der Waals surface area contributed by atoms with E-state index in [9.17, 15) is 0 Å². The van der Waals surface area contributed by atoms with Gasteiger partial charge in [0.25, 0.3) is 0 Å². The van der Waals surface area contributed by atoms with Crippen LogP contribution in [0.15, 0.2) is 35.5 Å². The monoisotopic (exact) mass is 400 g/mol. The fourth-order valence-corrected chi connectivity index (χ4v) is 2.22. The Morgan fingerprint density at radius 2 is 2.05 bits per heavy atom. The van der Waals surface area contributed by atoms with E-state index in [0.717, 1.165) is 25.5 Å². The summed E-state index contributed by atoms with van der Waals surface area (Å²) in [6.45, 7) is 7.98. The highest BCUT2D eigenvalue weighted by atomic mass is 127. The SMILES string of the molecule is CCNC(=NCCc1c[nH]c2ccccc12)NC(C)C.I. The van der Waals surface area contributed by atoms with Crippen molar-refractivity contribution in [3.05, 3.63) is 36.0 Å². The molecule has 5 heteroatoms. The van der Waals surface area contributed by atoms with E-state index < -0.39 is 0 Å². The minimum Gasteiger partial charge on any atom is -0.361 e. The second kappa shape index (κ2) is 8.92. The van der Waals surface area contributed by atoms with Crippen LogP contribution in [0.5, 0.6) is 0 Å². The van der Waals surface area contributed by atoms with Crippen molar-refractivity contribution in [2.24, 2.45) is 4.99 Å². The highest BCUT2D eigenvalue weighted by molar-refractivity contribution is 14.0. The van der Waals surface area contributed by atoms with Crippen LogP contribution in [0.25, 0.3) is 10.9 Å². The largest absolute Gasteiger partial charge is 0.361 e. The van der Waals surface area contributed by atoms with Crippen LogP contribution in [0.3, 0.4) is 0 Å². The van der Waals surface area contributed by atoms with E-state index in [1.807, 2.05) is 0 Å². The van der Waals surface area contributed by atoms with Crippen LogP contribution in [0, 0.1) is 0 Å². The lowest BCUT2D eigenvalue weighted by atomic mass is 10.1. The van der Waals surface area contributed by atoms with Crippen molar-refractivity contribution in [2.75, 3.05) is 13.1 Å². The highest BCUT2D eigenvalue weighted by Gasteiger charge is 2.03. The predicted octanol–water partition coefficient (Wildman–Crippen LogP) is 3.29. The maximum atomic E-state index is 4.62. The summed E-state index contributed by atoms with van der Waals surface area (Å²) in [4.78, 5) is 7.92. The summed E-state index contributed by atoms with van der Waals surface area (Å²) in [5.41, 5.74) is 2.52. The number of benzene rings is 1. The van der Waals surface area contributed by atoms with Gasteiger partial charge in [0.05, 0.1) is 0 Å². The van der Waals surface area contributed by atoms with Gasteiger partial charge in [0.2, 0.25) is 0 Å². The summed E-state index contributed by atoms with van der Waals surface area (Å²) in [6.07, 6.45) is 3.03. The first-order valence-electron chi connectivity index (χ1n) is 7.30. The van der Waals surface area contributed by atoms with Crippen molar-refractivity contribution in [1.82, 2.24) is 15.6 Å². The van der Waals surface area contributed by atoms with Crippen LogP contribution in [0.4, 0.5) is 0 Å². The molecule has 0 amide bonds. The Bertz CT molecular complexity index is 574. The lowest BCUT2D eigenvalue weighted by Gasteiger charge is -2.13. The molecule has 0 atom stereocenters. The van der Waals surface area contributed by atoms with Gasteiger partial charge in [-0.25, -0.2) is 0 Å². The summed E-state index contributed by atoms with van der Waals surface area (Å²) in [7, 11) is 0. The number of rotatable bonds is 5. The van der Waals surface area contributed by atoms with Crippen molar-refractivity contribution in [2.45, 2.75) is 33.2 Å². The van der Waals surface area contributed by atoms with Crippen LogP contribution in [0.2, 0.25) is 0 Å². The van der Waals surface area contributed by atoms with Gasteiger partial charge in [0, 0.05) is 36.2 Å². The quantitative estimate of drug-likeness (QED) is 0.410. The second-order valence-corrected chi connectivity index (χ2v) is 5.17. The number of para-hydroxylation sites is 1. The van der Waals surface area contributed by atoms with Crippen molar-refractivity contribution in [3.63, 3.8) is 0 Å². The van der Waals surface area contributed by atoms with Gasteiger partial charge in [0.15, 0.2) is 5.96 Å². The molecule has 21 heavy (non-hydrogen) atoms. The van der Waals surface area contributed by atoms with Gasteiger partial charge in [-0.1, -0.05) is 18.2 Å². The maximum absolute atomic E-state index is 4.62. The van der Waals surface area contributed by atoms with E-state index in [1.165, 1.54) is 16.5 Å². The summed E-state index contributed by atoms with van der Waals surface area (Å²) >= 11 is 0. The number of guanidine groups is 1. The normalized spacial score (nSPS) is 11.5. The molecule has 2 rings (SSSR count). The topological polar surface area (TPSA) is 52.2 Å². The van der Waals surface area contributed by atoms with Gasteiger partial charge in [-0.15, -0.1) is 24.0 Å². The number of fused-ring (bicyclic) bond motifs is 1. The number of hydrogen-bond acceptors (Lipinski definition) is 1. The van der Waals surface area contributed by atoms with Gasteiger partial charge in [0.1, 0.15) is 0 Å². The lowest BCUT2D eigenvalue weighted by molar-refractivity contribution is 0.700. The molecule has 2 aromatic rings. The van der Waals surface area contributed by atoms with Gasteiger partial charge in [-0.2, -0.15) is 0 Å². The van der Waals surface area contributed by atoms with Gasteiger partial charge in [-0.3, -0.25) is 4.99 Å². The Balaban J connectivity index is 0.00000220. The standard InChI is InChI=1S/C16H24N4.HI/c1-4-17-16(20-12(2)3)18-10-9-13-11-19-15-8-6-5-7-14(13)15;/h5-8,11-12,19H,4,9-10H2,1-3H3,(H2,17,18,20);1H. The molecule has 0 saturated heterocycles. The Kier molecular flexibility index (Phi) is 7.56. The first-order valence-corrected chi connectivity index (χ1v) is 7.30. The molecule has 0 bridgehead atoms. The maximum Gasteiger partial charge on any atom is 0.191 e. The van der Waals surface area contributed by atoms with Crippen LogP contribution >= 0.6 is 24.0 Å². The molecule has 3 N–H and O–H groups in total. The van der Waals surface area contributed by atoms with Crippen LogP contribution in [-0.2, 0) is 6.42 Å². The van der Waals surface area contributed by atoms with Crippen molar-refractivity contribution in [1.29, 1.82) is 0 Å². The minimum absolute atomic E-state index is 0. The van der Waals surface area contributed by atoms with Gasteiger partial charge >= 0.3 is 0 Å². The second-order valence-electron chi connectivity index (χ2n) is 5.17. The van der Waals surface area contributed by atoms with Crippen LogP contribution in [-0.4, -0.2) is 30.1 Å². The van der Waals surface area contributed by atoms with E-state index in [0.29, 0.717) is 6.04 Å². The number of halogens is 1. The third kappa shape index (κ3) is 5.22. The first kappa shape index (κ1) is 17.8. The smallest absolute Gasteiger partial charge is 0.191 e. The lowest BCUT2D eigenvalue weighted by Crippen LogP contribution is -2.41. The molecule has 0 radical (unpaired) electrons. The van der Waals surface area contributed by atoms with Crippen LogP contribution < -0.4 is 10.6 Å². The molecule has 0 spiro atoms. The summed E-state index contributed by atoms with van der Waals surface area (Å²) < 4.78 is 0. The third-order valence-electron chi connectivity index (χ3n) is 3.10. The van der Waals surface area contributed by atoms with Crippen molar-refractivity contribution >= 4 is 40.8 Å². The third-order valence-corrected chi connectivity index (χ3v) is 3.10. The molecule has 1 aromatic carbocycles. The van der Waals surface area contributed by atoms with E-state index in [2.05, 4.69) is 71.8 Å². The van der Waals surface area contributed by atoms with Gasteiger partial charge < -0.3 is 15.6 Å². The van der Waals surface area contributed by atoms with Crippen molar-refractivity contribution < 1.29 is 0 Å². The first-order chi connectivity index (χ1) is 9.70. The van der Waals surface area contributed by atoms with E-state index in [1.54, 1.807) is 0 Å². The molecule has 116 valence electrons. The van der Waals surface area contributed by atoms with Crippen LogP contribution in [0.1, 0.15) is 26.3 Å². The summed E-state index contributed by atoms with van der Waals surface area (Å²) in [5, 5.41) is 7.89. The number of nitrogens with zero attached hydrogens (tertiary/aromatic N) is 1. The number of aromatic nitrogens is 1. The van der Waals surface area contributed by atoms with E-state index in [-0.39, 0.29) is 24.0 Å². The molecule has 1 heterocycles. The summed E-state index contributed by atoms with van der Waals surface area (Å²) in [5.74, 6) is 0.891. The molecule has 0 unspecified atom stereocenters. The zero-order chi connectivity index (χ0) is 14.4. The number of hydrogen-bond donors (Lipinski definition) is 3. The fourth-order valence-electron chi connectivity index (χ4n) is 2.22. The zero-order valence-corrected chi connectivity index (χ0v) is 15.3. The molecule has 0 aliphatic heterocycles. The van der Waals surface area contributed by atoms with Gasteiger partial charge in [-0.05, 0) is 38.8 Å². The number of H-pyrrole nitrogens is 1. The molecule has 0 fully saturated rings. The molecule has 0 aliphatic carbocycles. The average molecular weight is 400 g/mol.